The molecular weight excluding hydrogens is 170 g/mol. The van der Waals surface area contributed by atoms with Crippen LogP contribution in [0, 0.1) is 0 Å². The highest BCUT2D eigenvalue weighted by Crippen LogP contribution is 1.90. The Bertz CT molecular complexity index is 269. The summed E-state index contributed by atoms with van der Waals surface area (Å²) in [6.07, 6.45) is 2.66. The summed E-state index contributed by atoms with van der Waals surface area (Å²) in [5.41, 5.74) is 0.829. The Labute approximate surface area is 75.8 Å². The van der Waals surface area contributed by atoms with Gasteiger partial charge in [-0.15, -0.1) is 0 Å². The molecule has 1 aromatic rings. The first-order chi connectivity index (χ1) is 6.33. The summed E-state index contributed by atoms with van der Waals surface area (Å²) in [6.45, 7) is 4.02. The number of carbonyl (C=O) groups is 1. The highest BCUT2D eigenvalue weighted by atomic mass is 16.5. The third-order valence-corrected chi connectivity index (χ3v) is 1.31. The third kappa shape index (κ3) is 3.42. The molecule has 0 radical (unpaired) electrons. The number of ether oxygens (including phenoxy) is 1. The minimum absolute atomic E-state index is 0.217. The quantitative estimate of drug-likeness (QED) is 0.676. The predicted octanol–water partition coefficient (Wildman–Crippen LogP) is 0.822. The fraction of sp³-hybridized carbons (Fsp3) is 0.250. The number of rotatable bonds is 4. The topological polar surface area (TPSA) is 67.0 Å². The van der Waals surface area contributed by atoms with Crippen LogP contribution in [0.2, 0.25) is 0 Å². The molecular formula is C8H11N3O2. The van der Waals surface area contributed by atoms with Gasteiger partial charge in [0.25, 0.3) is 0 Å². The van der Waals surface area contributed by atoms with E-state index < -0.39 is 6.09 Å². The van der Waals surface area contributed by atoms with E-state index in [0.29, 0.717) is 6.54 Å². The van der Waals surface area contributed by atoms with Crippen LogP contribution in [0.15, 0.2) is 24.9 Å². The molecule has 2 N–H and O–H groups in total. The van der Waals surface area contributed by atoms with Crippen LogP contribution < -0.4 is 5.32 Å². The van der Waals surface area contributed by atoms with Gasteiger partial charge in [-0.25, -0.2) is 4.79 Å². The molecule has 1 aromatic heterocycles. The number of hydrogen-bond acceptors (Lipinski definition) is 3. The molecule has 0 saturated heterocycles. The summed E-state index contributed by atoms with van der Waals surface area (Å²) in [7, 11) is 0. The summed E-state index contributed by atoms with van der Waals surface area (Å²) in [5, 5.41) is 8.98. The number of hydrogen-bond donors (Lipinski definition) is 2. The van der Waals surface area contributed by atoms with Crippen molar-refractivity contribution < 1.29 is 9.53 Å². The van der Waals surface area contributed by atoms with Gasteiger partial charge in [-0.3, -0.25) is 5.10 Å². The van der Waals surface area contributed by atoms with Crippen LogP contribution in [0.3, 0.4) is 0 Å². The van der Waals surface area contributed by atoms with Crippen LogP contribution in [0.4, 0.5) is 4.79 Å². The number of alkyl carbamates (subject to hydrolysis) is 1. The van der Waals surface area contributed by atoms with Gasteiger partial charge in [-0.05, 0) is 6.07 Å². The molecule has 70 valence electrons. The first-order valence-corrected chi connectivity index (χ1v) is 3.82. The lowest BCUT2D eigenvalue weighted by atomic mass is 10.4. The fourth-order valence-electron chi connectivity index (χ4n) is 0.736. The van der Waals surface area contributed by atoms with Crippen molar-refractivity contribution in [3.8, 4) is 0 Å². The van der Waals surface area contributed by atoms with Gasteiger partial charge in [-0.2, -0.15) is 5.10 Å². The van der Waals surface area contributed by atoms with Crippen molar-refractivity contribution in [1.29, 1.82) is 0 Å². The Morgan fingerprint density at radius 2 is 2.69 bits per heavy atom. The van der Waals surface area contributed by atoms with E-state index in [2.05, 4.69) is 26.8 Å². The SMILES string of the molecule is C=CCOC(=O)NCc1ccn[nH]1. The van der Waals surface area contributed by atoms with E-state index in [1.165, 1.54) is 6.08 Å². The molecule has 13 heavy (non-hydrogen) atoms. The summed E-state index contributed by atoms with van der Waals surface area (Å²) in [4.78, 5) is 10.9. The van der Waals surface area contributed by atoms with E-state index in [4.69, 9.17) is 0 Å². The number of amides is 1. The van der Waals surface area contributed by atoms with Crippen LogP contribution in [-0.4, -0.2) is 22.9 Å². The average Bonchev–Trinajstić information content (AvgIpc) is 2.64. The molecule has 0 unspecified atom stereocenters. The van der Waals surface area contributed by atoms with Gasteiger partial charge < -0.3 is 10.1 Å². The van der Waals surface area contributed by atoms with Crippen molar-refractivity contribution in [2.24, 2.45) is 0 Å². The van der Waals surface area contributed by atoms with Crippen LogP contribution in [0.5, 0.6) is 0 Å². The monoisotopic (exact) mass is 181 g/mol. The highest BCUT2D eigenvalue weighted by Gasteiger charge is 2.00. The lowest BCUT2D eigenvalue weighted by Crippen LogP contribution is -2.23. The number of nitrogens with zero attached hydrogens (tertiary/aromatic N) is 1. The van der Waals surface area contributed by atoms with E-state index in [0.717, 1.165) is 5.69 Å². The van der Waals surface area contributed by atoms with Crippen LogP contribution in [0.1, 0.15) is 5.69 Å². The molecule has 0 spiro atoms. The van der Waals surface area contributed by atoms with E-state index in [1.54, 1.807) is 12.3 Å². The van der Waals surface area contributed by atoms with Gasteiger partial charge in [0, 0.05) is 6.20 Å². The van der Waals surface area contributed by atoms with E-state index in [-0.39, 0.29) is 6.61 Å². The lowest BCUT2D eigenvalue weighted by molar-refractivity contribution is 0.157. The Hall–Kier alpha value is -1.78. The number of aromatic amines is 1. The van der Waals surface area contributed by atoms with Crippen LogP contribution in [-0.2, 0) is 11.3 Å². The molecule has 0 atom stereocenters. The Kier molecular flexibility index (Phi) is 3.56. The van der Waals surface area contributed by atoms with Crippen LogP contribution in [0.25, 0.3) is 0 Å². The fourth-order valence-corrected chi connectivity index (χ4v) is 0.736. The first-order valence-electron chi connectivity index (χ1n) is 3.82. The maximum atomic E-state index is 10.9. The number of aromatic nitrogens is 2. The molecule has 1 rings (SSSR count). The highest BCUT2D eigenvalue weighted by molar-refractivity contribution is 5.67. The summed E-state index contributed by atoms with van der Waals surface area (Å²) < 4.78 is 4.69. The largest absolute Gasteiger partial charge is 0.445 e. The molecule has 5 nitrogen and oxygen atoms in total. The molecule has 5 heteroatoms. The molecule has 0 saturated carbocycles. The van der Waals surface area contributed by atoms with Crippen LogP contribution >= 0.6 is 0 Å². The standard InChI is InChI=1S/C8H11N3O2/c1-2-5-13-8(12)9-6-7-3-4-10-11-7/h2-4H,1,5-6H2,(H,9,12)(H,10,11). The smallest absolute Gasteiger partial charge is 0.407 e. The van der Waals surface area contributed by atoms with E-state index in [1.807, 2.05) is 0 Å². The first kappa shape index (κ1) is 9.31. The molecule has 0 fully saturated rings. The van der Waals surface area contributed by atoms with Gasteiger partial charge in [-0.1, -0.05) is 12.7 Å². The zero-order valence-corrected chi connectivity index (χ0v) is 7.12. The molecule has 1 heterocycles. The van der Waals surface area contributed by atoms with Crippen molar-refractivity contribution >= 4 is 6.09 Å². The lowest BCUT2D eigenvalue weighted by Gasteiger charge is -2.02. The predicted molar refractivity (Wildman–Crippen MR) is 47.0 cm³/mol. The van der Waals surface area contributed by atoms with Crippen molar-refractivity contribution in [1.82, 2.24) is 15.5 Å². The second-order valence-corrected chi connectivity index (χ2v) is 2.32. The molecule has 0 bridgehead atoms. The van der Waals surface area contributed by atoms with Crippen molar-refractivity contribution in [2.45, 2.75) is 6.54 Å². The summed E-state index contributed by atoms with van der Waals surface area (Å²) in [6, 6.07) is 1.77. The van der Waals surface area contributed by atoms with Crippen molar-refractivity contribution in [3.05, 3.63) is 30.6 Å². The molecule has 0 aliphatic heterocycles. The van der Waals surface area contributed by atoms with E-state index in [9.17, 15) is 4.79 Å². The van der Waals surface area contributed by atoms with Crippen molar-refractivity contribution in [2.75, 3.05) is 6.61 Å². The van der Waals surface area contributed by atoms with Gasteiger partial charge in [0.2, 0.25) is 0 Å². The Morgan fingerprint density at radius 1 is 1.85 bits per heavy atom. The number of carbonyl (C=O) groups excluding carboxylic acids is 1. The average molecular weight is 181 g/mol. The maximum Gasteiger partial charge on any atom is 0.407 e. The van der Waals surface area contributed by atoms with Gasteiger partial charge in [0.05, 0.1) is 12.2 Å². The summed E-state index contributed by atoms with van der Waals surface area (Å²) in [5.74, 6) is 0. The molecule has 0 aromatic carbocycles. The molecule has 1 amide bonds. The molecule has 0 aliphatic rings. The molecule has 0 aliphatic carbocycles. The van der Waals surface area contributed by atoms with Gasteiger partial charge in [0.1, 0.15) is 6.61 Å². The van der Waals surface area contributed by atoms with E-state index >= 15 is 0 Å². The third-order valence-electron chi connectivity index (χ3n) is 1.31. The number of nitrogens with one attached hydrogen (secondary N) is 2. The summed E-state index contributed by atoms with van der Waals surface area (Å²) >= 11 is 0. The normalized spacial score (nSPS) is 9.23. The Balaban J connectivity index is 2.19. The number of H-pyrrole nitrogens is 1. The second-order valence-electron chi connectivity index (χ2n) is 2.32. The van der Waals surface area contributed by atoms with Crippen molar-refractivity contribution in [3.63, 3.8) is 0 Å². The second kappa shape index (κ2) is 4.97. The zero-order valence-electron chi connectivity index (χ0n) is 7.12. The minimum Gasteiger partial charge on any atom is -0.445 e. The minimum atomic E-state index is -0.463. The van der Waals surface area contributed by atoms with Gasteiger partial charge >= 0.3 is 6.09 Å². The zero-order chi connectivity index (χ0) is 9.52. The van der Waals surface area contributed by atoms with Gasteiger partial charge in [0.15, 0.2) is 0 Å². The Morgan fingerprint density at radius 3 is 3.31 bits per heavy atom. The maximum absolute atomic E-state index is 10.9.